The van der Waals surface area contributed by atoms with Crippen LogP contribution in [0.1, 0.15) is 150 Å². The maximum atomic E-state index is 6.09. The Morgan fingerprint density at radius 1 is 0.468 bits per heavy atom. The van der Waals surface area contributed by atoms with Crippen LogP contribution in [0.5, 0.6) is 17.2 Å². The van der Waals surface area contributed by atoms with Crippen molar-refractivity contribution in [3.63, 3.8) is 0 Å². The monoisotopic (exact) mass is 1420 g/mol. The molecule has 0 amide bonds. The van der Waals surface area contributed by atoms with Gasteiger partial charge in [-0.25, -0.2) is 19.3 Å². The van der Waals surface area contributed by atoms with E-state index >= 15 is 0 Å². The zero-order valence-electron chi connectivity index (χ0n) is 55.1. The molecule has 11 aromatic heterocycles. The van der Waals surface area contributed by atoms with E-state index < -0.39 is 18.4 Å². The van der Waals surface area contributed by atoms with Gasteiger partial charge in [-0.05, 0) is 78.4 Å². The number of hydrogen-bond donors (Lipinski definition) is 2. The second-order valence-corrected chi connectivity index (χ2v) is 38.9. The molecule has 0 aliphatic carbocycles. The van der Waals surface area contributed by atoms with Crippen molar-refractivity contribution >= 4 is 88.8 Å². The van der Waals surface area contributed by atoms with Crippen LogP contribution >= 0.6 is 23.2 Å². The van der Waals surface area contributed by atoms with Crippen LogP contribution in [0.4, 0.5) is 0 Å². The molecule has 0 bridgehead atoms. The third kappa shape index (κ3) is 14.9. The normalized spacial score (nSPS) is 16.3. The fraction of sp³-hybridized carbons (Fsp3) is 0.451. The number of hydrogen-bond acceptors (Lipinski definition) is 16. The van der Waals surface area contributed by atoms with Gasteiger partial charge in [-0.15, -0.1) is 0 Å². The molecule has 2 unspecified atom stereocenters. The molecule has 2 N–H and O–H groups in total. The van der Waals surface area contributed by atoms with E-state index in [2.05, 4.69) is 93.5 Å². The van der Waals surface area contributed by atoms with Crippen molar-refractivity contribution in [2.75, 3.05) is 33.0 Å². The van der Waals surface area contributed by atoms with Crippen molar-refractivity contribution in [2.45, 2.75) is 171 Å². The maximum absolute atomic E-state index is 6.09. The van der Waals surface area contributed by atoms with E-state index in [0.717, 1.165) is 183 Å². The zero-order valence-corrected chi connectivity index (χ0v) is 59.5. The van der Waals surface area contributed by atoms with Crippen LogP contribution in [0, 0.1) is 27.7 Å². The van der Waals surface area contributed by atoms with Crippen LogP contribution in [0.2, 0.25) is 23.6 Å². The summed E-state index contributed by atoms with van der Waals surface area (Å²) in [5.41, 5.74) is 15.1. The number of unbranched alkanes of at least 4 members (excludes halogenated alkanes) is 3. The Kier molecular flexibility index (Phi) is 22.0. The third-order valence-electron chi connectivity index (χ3n) is 18.5. The standard InChI is InChI=1S/C19H20N4O2.C14H12N4O.C12H14ClN3O.C7H6ClN3.C7H6NO.3C4H9.Sn/c1-12-14-11-21-23(18-4-2-3-6-24-18)17(14)8-16(22-12)15-10-20-9-13-5-7-25-19(13)15;1-8-10-7-16-18-13(10)4-12(17-8)11-6-15-5-9-2-3-19-14(9)11;1-8-9-7-14-16(10(9)6-11(13)15-8)12-4-2-3-5-17-12;1-4-5-3-9-11-6(5)2-7(8)10-4;1-3-8-5-6-2-4-9-7(1)6;3*1-3-4-2;/h8-11,18H,2-7H2,1H3;4-7H,2-3H2,1H3,(H,16,18);6-7,12H,2-5H2,1H3;2-3H,1H3,(H,9,11);3,5H,2,4H2;3*1,3-4H2,2H3;. The fourth-order valence-corrected chi connectivity index (χ4v) is 30.2. The summed E-state index contributed by atoms with van der Waals surface area (Å²) in [6.45, 7) is 18.8. The molecular formula is C71H85Cl2N15O5Sn. The summed E-state index contributed by atoms with van der Waals surface area (Å²) < 4.78 is 39.3. The van der Waals surface area contributed by atoms with Gasteiger partial charge in [-0.1, -0.05) is 23.2 Å². The van der Waals surface area contributed by atoms with Crippen molar-refractivity contribution in [3.8, 4) is 39.8 Å². The van der Waals surface area contributed by atoms with Gasteiger partial charge in [0.1, 0.15) is 21.8 Å². The average molecular weight is 1420 g/mol. The molecule has 11 aromatic rings. The van der Waals surface area contributed by atoms with Gasteiger partial charge in [0, 0.05) is 107 Å². The second kappa shape index (κ2) is 31.0. The number of halogens is 2. The van der Waals surface area contributed by atoms with Crippen LogP contribution in [-0.4, -0.2) is 126 Å². The first-order chi connectivity index (χ1) is 45.9. The number of aromatic amines is 2. The first-order valence-corrected chi connectivity index (χ1v) is 41.8. The predicted molar refractivity (Wildman–Crippen MR) is 372 cm³/mol. The minimum atomic E-state index is -2.38. The average Bonchev–Trinajstić information content (AvgIpc) is 1.54. The summed E-state index contributed by atoms with van der Waals surface area (Å²) in [5.74, 6) is 3.11. The van der Waals surface area contributed by atoms with E-state index in [1.165, 1.54) is 76.0 Å². The molecule has 2 fully saturated rings. The summed E-state index contributed by atoms with van der Waals surface area (Å²) in [4.78, 5) is 31.0. The number of pyridine rings is 7. The predicted octanol–water partition coefficient (Wildman–Crippen LogP) is 15.8. The minimum absolute atomic E-state index is 0.0109. The molecule has 2 saturated heterocycles. The molecule has 0 saturated carbocycles. The number of aryl methyl sites for hydroxylation is 4. The van der Waals surface area contributed by atoms with Gasteiger partial charge in [0.05, 0.1) is 94.0 Å². The smallest absolute Gasteiger partial charge is 0.150 e. The Morgan fingerprint density at radius 2 is 0.904 bits per heavy atom. The van der Waals surface area contributed by atoms with Gasteiger partial charge in [-0.3, -0.25) is 30.1 Å². The Bertz CT molecular complexity index is 4370. The van der Waals surface area contributed by atoms with Crippen molar-refractivity contribution in [1.82, 2.24) is 74.8 Å². The van der Waals surface area contributed by atoms with Gasteiger partial charge < -0.3 is 18.9 Å². The minimum Gasteiger partial charge on any atom is -0.492 e. The van der Waals surface area contributed by atoms with Crippen LogP contribution in [0.25, 0.3) is 66.1 Å². The molecule has 94 heavy (non-hydrogen) atoms. The molecule has 20 nitrogen and oxygen atoms in total. The van der Waals surface area contributed by atoms with Crippen molar-refractivity contribution in [1.29, 1.82) is 0 Å². The molecule has 492 valence electrons. The van der Waals surface area contributed by atoms with Crippen molar-refractivity contribution in [2.24, 2.45) is 0 Å². The van der Waals surface area contributed by atoms with E-state index in [1.807, 2.05) is 92.6 Å². The fourth-order valence-electron chi connectivity index (χ4n) is 13.5. The Hall–Kier alpha value is -7.37. The van der Waals surface area contributed by atoms with Gasteiger partial charge in [0.15, 0.2) is 12.5 Å². The number of nitrogens with zero attached hydrogens (tertiary/aromatic N) is 13. The first kappa shape index (κ1) is 66.6. The van der Waals surface area contributed by atoms with Crippen LogP contribution in [-0.2, 0) is 28.7 Å². The van der Waals surface area contributed by atoms with Gasteiger partial charge in [-0.2, -0.15) is 20.4 Å². The Balaban J connectivity index is 0.000000115. The van der Waals surface area contributed by atoms with Crippen LogP contribution in [0.15, 0.2) is 86.2 Å². The molecule has 16 rings (SSSR count). The maximum Gasteiger partial charge on any atom is 0.150 e. The first-order valence-electron chi connectivity index (χ1n) is 33.6. The molecule has 5 aliphatic rings. The molecule has 0 spiro atoms. The Labute approximate surface area is 563 Å². The molecule has 23 heteroatoms. The largest absolute Gasteiger partial charge is 0.492 e. The molecular weight excluding hydrogens is 1330 g/mol. The van der Waals surface area contributed by atoms with Crippen LogP contribution in [0.3, 0.4) is 0 Å². The Morgan fingerprint density at radius 3 is 1.41 bits per heavy atom. The van der Waals surface area contributed by atoms with Crippen LogP contribution < -0.4 is 17.8 Å². The van der Waals surface area contributed by atoms with Crippen molar-refractivity contribution < 1.29 is 23.7 Å². The van der Waals surface area contributed by atoms with Crippen molar-refractivity contribution in [3.05, 3.63) is 136 Å². The number of rotatable bonds is 14. The number of fused-ring (bicyclic) bond motifs is 7. The van der Waals surface area contributed by atoms with Gasteiger partial charge in [0.25, 0.3) is 0 Å². The molecule has 2 atom stereocenters. The molecule has 16 heterocycles. The number of ether oxygens (including phenoxy) is 5. The zero-order chi connectivity index (χ0) is 65.1. The number of aromatic nitrogens is 15. The topological polar surface area (TPSA) is 229 Å². The summed E-state index contributed by atoms with van der Waals surface area (Å²) in [6.07, 6.45) is 36.7. The van der Waals surface area contributed by atoms with E-state index in [0.29, 0.717) is 16.9 Å². The van der Waals surface area contributed by atoms with Gasteiger partial charge in [0.2, 0.25) is 0 Å². The SMILES string of the molecule is CCC[CH2][Sn]([CH2]CCC)([CH2]CCC)[c]1cncc2c1OCC2.Cc1nc(-c2cncc3c2OCC3)cc2[nH]ncc12.Cc1nc(-c2cncc3c2OCC3)cc2c1cnn2C1CCCCO1.Cc1nc(Cl)cc2[nH]ncc12.Cc1nc(Cl)cc2c1cnn2C1CCCCO1. The molecule has 0 aromatic carbocycles. The van der Waals surface area contributed by atoms with E-state index in [4.69, 9.17) is 51.9 Å². The second-order valence-electron chi connectivity index (χ2n) is 25.0. The molecule has 5 aliphatic heterocycles. The molecule has 0 radical (unpaired) electrons. The van der Waals surface area contributed by atoms with E-state index in [9.17, 15) is 0 Å². The quantitative estimate of drug-likeness (QED) is 0.0761. The third-order valence-corrected chi connectivity index (χ3v) is 34.4. The van der Waals surface area contributed by atoms with E-state index in [1.54, 1.807) is 22.0 Å². The summed E-state index contributed by atoms with van der Waals surface area (Å²) in [7, 11) is 0. The number of nitrogens with one attached hydrogen (secondary N) is 2. The van der Waals surface area contributed by atoms with Gasteiger partial charge >= 0.3 is 141 Å². The summed E-state index contributed by atoms with van der Waals surface area (Å²) in [5, 5.41) is 27.9. The summed E-state index contributed by atoms with van der Waals surface area (Å²) >= 11 is 9.34. The summed E-state index contributed by atoms with van der Waals surface area (Å²) in [6, 6.07) is 7.70. The van der Waals surface area contributed by atoms with E-state index in [-0.39, 0.29) is 12.5 Å². The number of H-pyrrole nitrogens is 2.